The van der Waals surface area contributed by atoms with E-state index < -0.39 is 6.04 Å². The highest BCUT2D eigenvalue weighted by Crippen LogP contribution is 2.28. The number of methoxy groups -OCH3 is 1. The second kappa shape index (κ2) is 8.39. The smallest absolute Gasteiger partial charge is 0.237 e. The van der Waals surface area contributed by atoms with Crippen molar-refractivity contribution in [2.24, 2.45) is 0 Å². The minimum absolute atomic E-state index is 0.0239. The monoisotopic (exact) mass is 386 g/mol. The average Bonchev–Trinajstić information content (AvgIpc) is 2.74. The van der Waals surface area contributed by atoms with Crippen LogP contribution in [0, 0.1) is 0 Å². The third kappa shape index (κ3) is 3.94. The average molecular weight is 386 g/mol. The number of nitrogens with zero attached hydrogens (tertiary/aromatic N) is 2. The Morgan fingerprint density at radius 3 is 2.57 bits per heavy atom. The van der Waals surface area contributed by atoms with Crippen LogP contribution in [0.4, 0.5) is 5.69 Å². The van der Waals surface area contributed by atoms with Crippen molar-refractivity contribution in [2.45, 2.75) is 50.2 Å². The molecule has 1 aliphatic carbocycles. The van der Waals surface area contributed by atoms with Crippen molar-refractivity contribution in [3.05, 3.63) is 24.3 Å². The van der Waals surface area contributed by atoms with Gasteiger partial charge in [-0.05, 0) is 25.0 Å². The molecule has 1 saturated carbocycles. The number of benzene rings is 1. The van der Waals surface area contributed by atoms with Gasteiger partial charge in [0.25, 0.3) is 0 Å². The zero-order valence-corrected chi connectivity index (χ0v) is 16.5. The molecule has 3 aliphatic rings. The summed E-state index contributed by atoms with van der Waals surface area (Å²) < 4.78 is 5.45. The maximum Gasteiger partial charge on any atom is 0.237 e. The molecular weight excluding hydrogens is 356 g/mol. The van der Waals surface area contributed by atoms with Crippen molar-refractivity contribution in [3.63, 3.8) is 0 Å². The van der Waals surface area contributed by atoms with Crippen LogP contribution in [0.5, 0.6) is 5.75 Å². The standard InChI is InChI=1S/C21H30N4O3/c1-28-19-9-5-4-8-18(19)24-10-12-25(13-11-24)20(26)14-17-21(27)23-16-7-3-2-6-15(16)22-17/h4-5,8-9,15-17,22H,2-3,6-7,10-14H2,1H3,(H,23,27)/t15-,16-,17+/m1/s1. The van der Waals surface area contributed by atoms with Gasteiger partial charge in [-0.25, -0.2) is 0 Å². The molecule has 2 saturated heterocycles. The van der Waals surface area contributed by atoms with E-state index in [4.69, 9.17) is 4.74 Å². The Kier molecular flexibility index (Phi) is 5.71. The molecular formula is C21H30N4O3. The Morgan fingerprint density at radius 1 is 1.11 bits per heavy atom. The molecule has 0 spiro atoms. The van der Waals surface area contributed by atoms with Gasteiger partial charge in [-0.3, -0.25) is 9.59 Å². The van der Waals surface area contributed by atoms with E-state index in [1.54, 1.807) is 7.11 Å². The molecule has 2 aliphatic heterocycles. The van der Waals surface area contributed by atoms with E-state index in [9.17, 15) is 9.59 Å². The van der Waals surface area contributed by atoms with E-state index in [0.29, 0.717) is 19.1 Å². The van der Waals surface area contributed by atoms with Gasteiger partial charge < -0.3 is 25.2 Å². The molecule has 1 aromatic rings. The second-order valence-corrected chi connectivity index (χ2v) is 7.97. The molecule has 3 atom stereocenters. The number of hydrogen-bond donors (Lipinski definition) is 2. The predicted molar refractivity (Wildman–Crippen MR) is 108 cm³/mol. The molecule has 28 heavy (non-hydrogen) atoms. The number of nitrogens with one attached hydrogen (secondary N) is 2. The van der Waals surface area contributed by atoms with Crippen LogP contribution in [0.2, 0.25) is 0 Å². The summed E-state index contributed by atoms with van der Waals surface area (Å²) in [6.07, 6.45) is 4.71. The van der Waals surface area contributed by atoms with Crippen molar-refractivity contribution >= 4 is 17.5 Å². The third-order valence-electron chi connectivity index (χ3n) is 6.26. The molecule has 4 rings (SSSR count). The van der Waals surface area contributed by atoms with Crippen LogP contribution in [-0.4, -0.2) is 68.1 Å². The maximum absolute atomic E-state index is 12.8. The SMILES string of the molecule is COc1ccccc1N1CCN(C(=O)C[C@@H]2N[C@@H]3CCCC[C@H]3NC2=O)CC1. The summed E-state index contributed by atoms with van der Waals surface area (Å²) in [6, 6.07) is 8.11. The summed E-state index contributed by atoms with van der Waals surface area (Å²) in [5.41, 5.74) is 1.06. The first-order valence-electron chi connectivity index (χ1n) is 10.4. The number of carbonyl (C=O) groups excluding carboxylic acids is 2. The Labute approximate surface area is 166 Å². The van der Waals surface area contributed by atoms with Crippen LogP contribution in [0.3, 0.4) is 0 Å². The van der Waals surface area contributed by atoms with Crippen molar-refractivity contribution in [2.75, 3.05) is 38.2 Å². The van der Waals surface area contributed by atoms with E-state index >= 15 is 0 Å². The van der Waals surface area contributed by atoms with Crippen LogP contribution >= 0.6 is 0 Å². The van der Waals surface area contributed by atoms with Crippen molar-refractivity contribution in [1.82, 2.24) is 15.5 Å². The molecule has 152 valence electrons. The minimum atomic E-state index is -0.404. The van der Waals surface area contributed by atoms with Gasteiger partial charge in [0.2, 0.25) is 11.8 Å². The zero-order chi connectivity index (χ0) is 19.5. The van der Waals surface area contributed by atoms with Crippen LogP contribution in [0.15, 0.2) is 24.3 Å². The lowest BCUT2D eigenvalue weighted by Crippen LogP contribution is -2.65. The number of hydrogen-bond acceptors (Lipinski definition) is 5. The topological polar surface area (TPSA) is 73.9 Å². The summed E-state index contributed by atoms with van der Waals surface area (Å²) in [4.78, 5) is 29.3. The summed E-state index contributed by atoms with van der Waals surface area (Å²) in [7, 11) is 1.68. The fourth-order valence-electron chi connectivity index (χ4n) is 4.66. The maximum atomic E-state index is 12.8. The summed E-state index contributed by atoms with van der Waals surface area (Å²) in [5, 5.41) is 6.56. The van der Waals surface area contributed by atoms with Crippen molar-refractivity contribution < 1.29 is 14.3 Å². The Hall–Kier alpha value is -2.28. The molecule has 2 amide bonds. The van der Waals surface area contributed by atoms with Gasteiger partial charge in [-0.2, -0.15) is 0 Å². The summed E-state index contributed by atoms with van der Waals surface area (Å²) in [6.45, 7) is 2.86. The van der Waals surface area contributed by atoms with Gasteiger partial charge in [0.1, 0.15) is 5.75 Å². The van der Waals surface area contributed by atoms with Crippen LogP contribution in [0.1, 0.15) is 32.1 Å². The molecule has 2 heterocycles. The number of carbonyl (C=O) groups is 2. The van der Waals surface area contributed by atoms with Crippen LogP contribution < -0.4 is 20.3 Å². The number of amides is 2. The Morgan fingerprint density at radius 2 is 1.82 bits per heavy atom. The van der Waals surface area contributed by atoms with Gasteiger partial charge in [-0.15, -0.1) is 0 Å². The summed E-state index contributed by atoms with van der Waals surface area (Å²) >= 11 is 0. The number of ether oxygens (including phenoxy) is 1. The highest BCUT2D eigenvalue weighted by molar-refractivity contribution is 5.89. The van der Waals surface area contributed by atoms with Crippen molar-refractivity contribution in [1.29, 1.82) is 0 Å². The molecule has 0 aromatic heterocycles. The van der Waals surface area contributed by atoms with E-state index in [1.165, 1.54) is 12.8 Å². The molecule has 7 heteroatoms. The molecule has 7 nitrogen and oxygen atoms in total. The molecule has 2 N–H and O–H groups in total. The van der Waals surface area contributed by atoms with E-state index in [0.717, 1.165) is 37.4 Å². The van der Waals surface area contributed by atoms with Crippen molar-refractivity contribution in [3.8, 4) is 5.75 Å². The first-order valence-corrected chi connectivity index (χ1v) is 10.4. The number of fused-ring (bicyclic) bond motifs is 1. The quantitative estimate of drug-likeness (QED) is 0.812. The number of rotatable bonds is 4. The fourth-order valence-corrected chi connectivity index (χ4v) is 4.66. The largest absolute Gasteiger partial charge is 0.495 e. The van der Waals surface area contributed by atoms with E-state index in [2.05, 4.69) is 15.5 Å². The molecule has 1 aromatic carbocycles. The van der Waals surface area contributed by atoms with E-state index in [-0.39, 0.29) is 24.3 Å². The highest BCUT2D eigenvalue weighted by Gasteiger charge is 2.37. The Bertz CT molecular complexity index is 717. The van der Waals surface area contributed by atoms with Gasteiger partial charge in [-0.1, -0.05) is 25.0 Å². The van der Waals surface area contributed by atoms with Gasteiger partial charge >= 0.3 is 0 Å². The lowest BCUT2D eigenvalue weighted by atomic mass is 9.87. The lowest BCUT2D eigenvalue weighted by Gasteiger charge is -2.41. The van der Waals surface area contributed by atoms with Crippen LogP contribution in [0.25, 0.3) is 0 Å². The highest BCUT2D eigenvalue weighted by atomic mass is 16.5. The van der Waals surface area contributed by atoms with Crippen LogP contribution in [-0.2, 0) is 9.59 Å². The first kappa shape index (κ1) is 19.1. The third-order valence-corrected chi connectivity index (χ3v) is 6.26. The number of para-hydroxylation sites is 2. The fraction of sp³-hybridized carbons (Fsp3) is 0.619. The second-order valence-electron chi connectivity index (χ2n) is 7.97. The molecule has 0 unspecified atom stereocenters. The first-order chi connectivity index (χ1) is 13.7. The van der Waals surface area contributed by atoms with Gasteiger partial charge in [0, 0.05) is 38.3 Å². The molecule has 0 bridgehead atoms. The van der Waals surface area contributed by atoms with Gasteiger partial charge in [0.15, 0.2) is 0 Å². The minimum Gasteiger partial charge on any atom is -0.495 e. The number of piperazine rings is 2. The normalized spacial score (nSPS) is 27.8. The molecule has 0 radical (unpaired) electrons. The zero-order valence-electron chi connectivity index (χ0n) is 16.5. The predicted octanol–water partition coefficient (Wildman–Crippen LogP) is 1.13. The summed E-state index contributed by atoms with van der Waals surface area (Å²) in [5.74, 6) is 0.887. The van der Waals surface area contributed by atoms with E-state index in [1.807, 2.05) is 29.2 Å². The number of anilines is 1. The Balaban J connectivity index is 1.31. The molecule has 3 fully saturated rings. The lowest BCUT2D eigenvalue weighted by molar-refractivity contribution is -0.136. The van der Waals surface area contributed by atoms with Gasteiger partial charge in [0.05, 0.1) is 25.3 Å².